The molecule has 0 spiro atoms. The van der Waals surface area contributed by atoms with Crippen molar-refractivity contribution in [1.29, 1.82) is 0 Å². The molecule has 0 aliphatic carbocycles. The lowest BCUT2D eigenvalue weighted by atomic mass is 10.1. The third-order valence-corrected chi connectivity index (χ3v) is 3.45. The molecule has 2 heterocycles. The van der Waals surface area contributed by atoms with E-state index in [1.165, 1.54) is 0 Å². The summed E-state index contributed by atoms with van der Waals surface area (Å²) in [4.78, 5) is 2.48. The van der Waals surface area contributed by atoms with Crippen LogP contribution in [0, 0.1) is 0 Å². The average molecular weight is 229 g/mol. The van der Waals surface area contributed by atoms with Gasteiger partial charge in [0.25, 0.3) is 0 Å². The van der Waals surface area contributed by atoms with E-state index in [0.29, 0.717) is 6.10 Å². The second kappa shape index (κ2) is 6.55. The van der Waals surface area contributed by atoms with Gasteiger partial charge in [0.1, 0.15) is 0 Å². The van der Waals surface area contributed by atoms with Crippen molar-refractivity contribution in [2.75, 3.05) is 40.0 Å². The van der Waals surface area contributed by atoms with Gasteiger partial charge >= 0.3 is 0 Å². The van der Waals surface area contributed by atoms with E-state index in [-0.39, 0.29) is 6.29 Å². The van der Waals surface area contributed by atoms with Crippen molar-refractivity contribution in [3.05, 3.63) is 0 Å². The van der Waals surface area contributed by atoms with Crippen molar-refractivity contribution >= 4 is 0 Å². The molecule has 4 heteroatoms. The van der Waals surface area contributed by atoms with Crippen LogP contribution in [-0.2, 0) is 14.2 Å². The Bertz CT molecular complexity index is 187. The van der Waals surface area contributed by atoms with E-state index in [9.17, 15) is 0 Å². The highest BCUT2D eigenvalue weighted by molar-refractivity contribution is 4.72. The Morgan fingerprint density at radius 2 is 1.88 bits per heavy atom. The molecule has 0 amide bonds. The molecule has 0 radical (unpaired) electrons. The second-order valence-corrected chi connectivity index (χ2v) is 4.59. The Hall–Kier alpha value is -0.160. The molecule has 0 unspecified atom stereocenters. The Labute approximate surface area is 97.8 Å². The molecule has 0 N–H and O–H groups in total. The number of nitrogens with zero attached hydrogens (tertiary/aromatic N) is 1. The number of hydrogen-bond acceptors (Lipinski definition) is 4. The third-order valence-electron chi connectivity index (χ3n) is 3.45. The summed E-state index contributed by atoms with van der Waals surface area (Å²) in [6.45, 7) is 5.09. The van der Waals surface area contributed by atoms with Gasteiger partial charge in [-0.25, -0.2) is 0 Å². The van der Waals surface area contributed by atoms with Crippen molar-refractivity contribution in [2.24, 2.45) is 0 Å². The van der Waals surface area contributed by atoms with Gasteiger partial charge in [-0.15, -0.1) is 0 Å². The normalized spacial score (nSPS) is 26.1. The van der Waals surface area contributed by atoms with Gasteiger partial charge in [0.15, 0.2) is 6.29 Å². The molecule has 2 aliphatic heterocycles. The molecule has 2 rings (SSSR count). The molecule has 0 atom stereocenters. The first kappa shape index (κ1) is 12.3. The molecule has 0 aromatic carbocycles. The van der Waals surface area contributed by atoms with E-state index < -0.39 is 0 Å². The van der Waals surface area contributed by atoms with Gasteiger partial charge in [-0.05, 0) is 19.3 Å². The van der Waals surface area contributed by atoms with Crippen molar-refractivity contribution in [3.8, 4) is 0 Å². The Kier molecular flexibility index (Phi) is 5.03. The number of hydrogen-bond donors (Lipinski definition) is 0. The SMILES string of the molecule is COC1CCN(CCC2OCCCO2)CC1. The first-order valence-corrected chi connectivity index (χ1v) is 6.37. The number of rotatable bonds is 4. The molecule has 0 bridgehead atoms. The van der Waals surface area contributed by atoms with Gasteiger partial charge in [-0.3, -0.25) is 0 Å². The van der Waals surface area contributed by atoms with E-state index in [4.69, 9.17) is 14.2 Å². The molecule has 2 aliphatic rings. The van der Waals surface area contributed by atoms with Crippen LogP contribution in [0.2, 0.25) is 0 Å². The van der Waals surface area contributed by atoms with E-state index >= 15 is 0 Å². The Balaban J connectivity index is 1.59. The number of ether oxygens (including phenoxy) is 3. The van der Waals surface area contributed by atoms with Crippen LogP contribution in [-0.4, -0.2) is 57.3 Å². The molecule has 0 aromatic heterocycles. The van der Waals surface area contributed by atoms with Crippen LogP contribution in [0.15, 0.2) is 0 Å². The zero-order valence-corrected chi connectivity index (χ0v) is 10.2. The molecule has 2 saturated heterocycles. The molecule has 0 saturated carbocycles. The number of piperidine rings is 1. The van der Waals surface area contributed by atoms with Crippen molar-refractivity contribution in [2.45, 2.75) is 38.1 Å². The van der Waals surface area contributed by atoms with Crippen LogP contribution >= 0.6 is 0 Å². The first-order chi connectivity index (χ1) is 7.88. The molecular weight excluding hydrogens is 206 g/mol. The second-order valence-electron chi connectivity index (χ2n) is 4.59. The van der Waals surface area contributed by atoms with Crippen LogP contribution in [0.1, 0.15) is 25.7 Å². The maximum absolute atomic E-state index is 5.54. The van der Waals surface area contributed by atoms with Crippen LogP contribution in [0.3, 0.4) is 0 Å². The van der Waals surface area contributed by atoms with Crippen molar-refractivity contribution in [1.82, 2.24) is 4.90 Å². The summed E-state index contributed by atoms with van der Waals surface area (Å²) >= 11 is 0. The van der Waals surface area contributed by atoms with Crippen molar-refractivity contribution in [3.63, 3.8) is 0 Å². The van der Waals surface area contributed by atoms with Gasteiger partial charge in [-0.2, -0.15) is 0 Å². The van der Waals surface area contributed by atoms with E-state index in [1.54, 1.807) is 0 Å². The summed E-state index contributed by atoms with van der Waals surface area (Å²) in [5, 5.41) is 0. The van der Waals surface area contributed by atoms with Crippen LogP contribution in [0.4, 0.5) is 0 Å². The molecule has 94 valence electrons. The fourth-order valence-corrected chi connectivity index (χ4v) is 2.36. The fraction of sp³-hybridized carbons (Fsp3) is 1.00. The summed E-state index contributed by atoms with van der Waals surface area (Å²) in [6.07, 6.45) is 4.85. The first-order valence-electron chi connectivity index (χ1n) is 6.37. The predicted octanol–water partition coefficient (Wildman–Crippen LogP) is 1.25. The third kappa shape index (κ3) is 3.70. The zero-order valence-electron chi connectivity index (χ0n) is 10.2. The summed E-state index contributed by atoms with van der Waals surface area (Å²) in [5.74, 6) is 0. The van der Waals surface area contributed by atoms with Gasteiger partial charge < -0.3 is 19.1 Å². The van der Waals surface area contributed by atoms with E-state index in [0.717, 1.165) is 58.5 Å². The average Bonchev–Trinajstić information content (AvgIpc) is 2.38. The molecular formula is C12H23NO3. The van der Waals surface area contributed by atoms with Crippen molar-refractivity contribution < 1.29 is 14.2 Å². The lowest BCUT2D eigenvalue weighted by molar-refractivity contribution is -0.183. The smallest absolute Gasteiger partial charge is 0.158 e. The molecule has 2 fully saturated rings. The monoisotopic (exact) mass is 229 g/mol. The fourth-order valence-electron chi connectivity index (χ4n) is 2.36. The number of methoxy groups -OCH3 is 1. The molecule has 4 nitrogen and oxygen atoms in total. The van der Waals surface area contributed by atoms with Crippen LogP contribution in [0.5, 0.6) is 0 Å². The minimum Gasteiger partial charge on any atom is -0.381 e. The standard InChI is InChI=1S/C12H23NO3/c1-14-11-3-6-13(7-4-11)8-5-12-15-9-2-10-16-12/h11-12H,2-10H2,1H3. The highest BCUT2D eigenvalue weighted by Gasteiger charge is 2.20. The van der Waals surface area contributed by atoms with Gasteiger partial charge in [0, 0.05) is 33.2 Å². The van der Waals surface area contributed by atoms with Gasteiger partial charge in [0.2, 0.25) is 0 Å². The minimum absolute atomic E-state index is 0.0360. The largest absolute Gasteiger partial charge is 0.381 e. The minimum atomic E-state index is 0.0360. The summed E-state index contributed by atoms with van der Waals surface area (Å²) in [6, 6.07) is 0. The van der Waals surface area contributed by atoms with Gasteiger partial charge in [-0.1, -0.05) is 0 Å². The predicted molar refractivity (Wildman–Crippen MR) is 61.4 cm³/mol. The quantitative estimate of drug-likeness (QED) is 0.726. The maximum atomic E-state index is 5.54. The van der Waals surface area contributed by atoms with Crippen LogP contribution < -0.4 is 0 Å². The highest BCUT2D eigenvalue weighted by atomic mass is 16.7. The molecule has 16 heavy (non-hydrogen) atoms. The lowest BCUT2D eigenvalue weighted by Gasteiger charge is -2.32. The van der Waals surface area contributed by atoms with E-state index in [2.05, 4.69) is 4.90 Å². The molecule has 0 aromatic rings. The lowest BCUT2D eigenvalue weighted by Crippen LogP contribution is -2.39. The zero-order chi connectivity index (χ0) is 11.2. The topological polar surface area (TPSA) is 30.9 Å². The Morgan fingerprint density at radius 3 is 2.50 bits per heavy atom. The van der Waals surface area contributed by atoms with Gasteiger partial charge in [0.05, 0.1) is 19.3 Å². The number of likely N-dealkylation sites (tertiary alicyclic amines) is 1. The highest BCUT2D eigenvalue weighted by Crippen LogP contribution is 2.15. The summed E-state index contributed by atoms with van der Waals surface area (Å²) in [5.41, 5.74) is 0. The van der Waals surface area contributed by atoms with E-state index in [1.807, 2.05) is 7.11 Å². The summed E-state index contributed by atoms with van der Waals surface area (Å²) < 4.78 is 16.4. The Morgan fingerprint density at radius 1 is 1.19 bits per heavy atom. The maximum Gasteiger partial charge on any atom is 0.158 e. The van der Waals surface area contributed by atoms with Crippen LogP contribution in [0.25, 0.3) is 0 Å². The summed E-state index contributed by atoms with van der Waals surface area (Å²) in [7, 11) is 1.81.